The van der Waals surface area contributed by atoms with Crippen LogP contribution in [0, 0.1) is 0 Å². The Morgan fingerprint density at radius 1 is 0.600 bits per heavy atom. The first kappa shape index (κ1) is 36.3. The second-order valence-electron chi connectivity index (χ2n) is 12.2. The van der Waals surface area contributed by atoms with Gasteiger partial charge in [-0.3, -0.25) is 0 Å². The third-order valence-electron chi connectivity index (χ3n) is 8.73. The molecule has 1 saturated heterocycles. The van der Waals surface area contributed by atoms with E-state index in [-0.39, 0.29) is 6.61 Å². The van der Waals surface area contributed by atoms with E-state index in [2.05, 4.69) is 40.2 Å². The summed E-state index contributed by atoms with van der Waals surface area (Å²) in [5.41, 5.74) is 5.92. The normalized spacial score (nSPS) is 20.4. The highest BCUT2D eigenvalue weighted by molar-refractivity contribution is 9.08. The van der Waals surface area contributed by atoms with Gasteiger partial charge in [0.05, 0.1) is 40.1 Å². The Bertz CT molecular complexity index is 1730. The zero-order valence-corrected chi connectivity index (χ0v) is 30.4. The lowest BCUT2D eigenvalue weighted by Crippen LogP contribution is -2.58. The summed E-state index contributed by atoms with van der Waals surface area (Å²) < 4.78 is 40.0. The van der Waals surface area contributed by atoms with Crippen molar-refractivity contribution in [2.75, 3.05) is 13.7 Å². The Labute approximate surface area is 308 Å². The van der Waals surface area contributed by atoms with Crippen molar-refractivity contribution >= 4 is 27.5 Å². The highest BCUT2D eigenvalue weighted by Gasteiger charge is 2.49. The van der Waals surface area contributed by atoms with Gasteiger partial charge in [0.15, 0.2) is 0 Å². The molecular weight excluding hydrogens is 716 g/mol. The van der Waals surface area contributed by atoms with E-state index in [1.807, 2.05) is 109 Å². The van der Waals surface area contributed by atoms with E-state index < -0.39 is 30.5 Å². The van der Waals surface area contributed by atoms with Crippen molar-refractivity contribution < 1.29 is 28.4 Å². The zero-order chi connectivity index (χ0) is 34.5. The molecule has 50 heavy (non-hydrogen) atoms. The molecule has 260 valence electrons. The van der Waals surface area contributed by atoms with Gasteiger partial charge in [0, 0.05) is 15.9 Å². The van der Waals surface area contributed by atoms with Crippen LogP contribution in [0.3, 0.4) is 0 Å². The highest BCUT2D eigenvalue weighted by atomic mass is 79.9. The van der Waals surface area contributed by atoms with Gasteiger partial charge in [-0.05, 0) is 39.9 Å². The number of benzene rings is 5. The monoisotopic (exact) mass is 756 g/mol. The molecule has 0 spiro atoms. The van der Waals surface area contributed by atoms with Crippen LogP contribution in [0.1, 0.15) is 39.5 Å². The van der Waals surface area contributed by atoms with Crippen LogP contribution >= 0.6 is 27.5 Å². The Kier molecular flexibility index (Phi) is 13.5. The summed E-state index contributed by atoms with van der Waals surface area (Å²) in [6, 6.07) is 44.3. The average Bonchev–Trinajstić information content (AvgIpc) is 3.17. The molecule has 1 heterocycles. The fraction of sp³-hybridized carbons (Fsp3) is 0.286. The van der Waals surface area contributed by atoms with Gasteiger partial charge >= 0.3 is 0 Å². The topological polar surface area (TPSA) is 55.4 Å². The molecule has 1 fully saturated rings. The second kappa shape index (κ2) is 18.6. The van der Waals surface area contributed by atoms with Gasteiger partial charge in [0.1, 0.15) is 36.3 Å². The molecule has 1 aliphatic heterocycles. The number of rotatable bonds is 16. The van der Waals surface area contributed by atoms with E-state index in [1.54, 1.807) is 7.11 Å². The predicted octanol–water partition coefficient (Wildman–Crippen LogP) is 9.66. The smallest absolute Gasteiger partial charge is 0.126 e. The summed E-state index contributed by atoms with van der Waals surface area (Å²) in [4.78, 5) is 0. The molecule has 6 rings (SSSR count). The molecule has 0 amide bonds. The summed E-state index contributed by atoms with van der Waals surface area (Å²) in [6.07, 6.45) is -2.81. The van der Waals surface area contributed by atoms with E-state index in [0.717, 1.165) is 33.4 Å². The van der Waals surface area contributed by atoms with Gasteiger partial charge in [-0.1, -0.05) is 149 Å². The minimum atomic E-state index is -0.605. The van der Waals surface area contributed by atoms with Crippen LogP contribution in [0.2, 0.25) is 5.02 Å². The van der Waals surface area contributed by atoms with Gasteiger partial charge in [-0.2, -0.15) is 0 Å². The number of halogens is 2. The van der Waals surface area contributed by atoms with Gasteiger partial charge in [0.2, 0.25) is 0 Å². The van der Waals surface area contributed by atoms with Crippen LogP contribution in [0.5, 0.6) is 5.75 Å². The highest BCUT2D eigenvalue weighted by Crippen LogP contribution is 2.43. The third kappa shape index (κ3) is 9.62. The van der Waals surface area contributed by atoms with Crippen LogP contribution in [-0.2, 0) is 55.4 Å². The predicted molar refractivity (Wildman–Crippen MR) is 199 cm³/mol. The van der Waals surface area contributed by atoms with Gasteiger partial charge in [-0.25, -0.2) is 0 Å². The molecule has 0 bridgehead atoms. The van der Waals surface area contributed by atoms with Crippen molar-refractivity contribution in [1.29, 1.82) is 0 Å². The first-order valence-electron chi connectivity index (χ1n) is 16.8. The molecule has 5 atom stereocenters. The Morgan fingerprint density at radius 2 is 1.06 bits per heavy atom. The molecule has 0 N–H and O–H groups in total. The summed E-state index contributed by atoms with van der Waals surface area (Å²) in [7, 11) is 1.64. The van der Waals surface area contributed by atoms with E-state index in [1.165, 1.54) is 0 Å². The lowest BCUT2D eigenvalue weighted by Gasteiger charge is -2.46. The molecule has 5 aromatic carbocycles. The Morgan fingerprint density at radius 3 is 1.54 bits per heavy atom. The maximum Gasteiger partial charge on any atom is 0.126 e. The van der Waals surface area contributed by atoms with E-state index in [4.69, 9.17) is 40.0 Å². The fourth-order valence-electron chi connectivity index (χ4n) is 6.16. The fourth-order valence-corrected chi connectivity index (χ4v) is 7.01. The minimum Gasteiger partial charge on any atom is -0.496 e. The van der Waals surface area contributed by atoms with Crippen LogP contribution in [0.4, 0.5) is 0 Å². The van der Waals surface area contributed by atoms with Crippen LogP contribution in [0.25, 0.3) is 0 Å². The molecule has 0 aliphatic carbocycles. The zero-order valence-electron chi connectivity index (χ0n) is 28.0. The van der Waals surface area contributed by atoms with Crippen molar-refractivity contribution in [3.63, 3.8) is 0 Å². The van der Waals surface area contributed by atoms with Crippen molar-refractivity contribution in [2.24, 2.45) is 0 Å². The van der Waals surface area contributed by atoms with Crippen LogP contribution < -0.4 is 4.74 Å². The molecule has 0 radical (unpaired) electrons. The largest absolute Gasteiger partial charge is 0.496 e. The van der Waals surface area contributed by atoms with Crippen LogP contribution in [-0.4, -0.2) is 38.1 Å². The maximum atomic E-state index is 7.08. The third-order valence-corrected chi connectivity index (χ3v) is 9.69. The summed E-state index contributed by atoms with van der Waals surface area (Å²) >= 11 is 10.3. The molecule has 6 nitrogen and oxygen atoms in total. The van der Waals surface area contributed by atoms with Crippen molar-refractivity contribution in [2.45, 2.75) is 62.3 Å². The molecular formula is C42H42BrClO6. The lowest BCUT2D eigenvalue weighted by molar-refractivity contribution is -0.275. The molecule has 5 aromatic rings. The average molecular weight is 758 g/mol. The van der Waals surface area contributed by atoms with Gasteiger partial charge in [-0.15, -0.1) is 0 Å². The number of hydrogen-bond donors (Lipinski definition) is 0. The lowest BCUT2D eigenvalue weighted by atomic mass is 9.89. The number of methoxy groups -OCH3 is 1. The standard InChI is InChI=1S/C42H42BrClO6/c1-45-37-23-36(44)34(24-43)22-35(37)39-41(48-27-32-18-10-4-11-19-32)42(49-28-33-20-12-5-13-21-33)40(47-26-31-16-8-3-9-17-31)38(50-39)29-46-25-30-14-6-2-7-15-30/h2-23,38-42H,24-29H2,1H3/t38-,39?,40-,41+,42+/m1/s1. The van der Waals surface area contributed by atoms with Crippen molar-refractivity contribution in [1.82, 2.24) is 0 Å². The van der Waals surface area contributed by atoms with Crippen molar-refractivity contribution in [3.8, 4) is 5.75 Å². The summed E-state index contributed by atoms with van der Waals surface area (Å²) in [5, 5.41) is 1.16. The Hall–Kier alpha value is -3.53. The molecule has 0 saturated carbocycles. The molecule has 1 unspecified atom stereocenters. The van der Waals surface area contributed by atoms with E-state index >= 15 is 0 Å². The number of ether oxygens (including phenoxy) is 6. The number of hydrogen-bond acceptors (Lipinski definition) is 6. The van der Waals surface area contributed by atoms with Gasteiger partial charge < -0.3 is 28.4 Å². The first-order valence-corrected chi connectivity index (χ1v) is 18.3. The maximum absolute atomic E-state index is 7.08. The Balaban J connectivity index is 1.40. The molecule has 8 heteroatoms. The molecule has 0 aromatic heterocycles. The molecule has 1 aliphatic rings. The minimum absolute atomic E-state index is 0.267. The summed E-state index contributed by atoms with van der Waals surface area (Å²) in [6.45, 7) is 1.76. The van der Waals surface area contributed by atoms with Crippen molar-refractivity contribution in [3.05, 3.63) is 172 Å². The van der Waals surface area contributed by atoms with Crippen LogP contribution in [0.15, 0.2) is 133 Å². The number of alkyl halides is 1. The second-order valence-corrected chi connectivity index (χ2v) is 13.2. The quantitative estimate of drug-likeness (QED) is 0.0935. The first-order chi connectivity index (χ1) is 24.6. The summed E-state index contributed by atoms with van der Waals surface area (Å²) in [5.74, 6) is 0.604. The van der Waals surface area contributed by atoms with E-state index in [9.17, 15) is 0 Å². The SMILES string of the molecule is COc1cc(Cl)c(CBr)cc1C1O[C@H](COCc2ccccc2)[C@@H](OCc2ccccc2)[C@H](OCc2ccccc2)[C@H]1OCc1ccccc1. The van der Waals surface area contributed by atoms with Gasteiger partial charge in [0.25, 0.3) is 0 Å². The van der Waals surface area contributed by atoms with E-state index in [0.29, 0.717) is 42.5 Å².